The van der Waals surface area contributed by atoms with Gasteiger partial charge in [-0.15, -0.1) is 0 Å². The number of anilines is 1. The van der Waals surface area contributed by atoms with Crippen LogP contribution in [0.15, 0.2) is 64.6 Å². The third-order valence-electron chi connectivity index (χ3n) is 3.93. The van der Waals surface area contributed by atoms with Gasteiger partial charge in [0, 0.05) is 14.9 Å². The zero-order valence-electron chi connectivity index (χ0n) is 16.4. The summed E-state index contributed by atoms with van der Waals surface area (Å²) in [5, 5.41) is 6.55. The Morgan fingerprint density at radius 3 is 2.16 bits per heavy atom. The van der Waals surface area contributed by atoms with E-state index in [2.05, 4.69) is 15.6 Å². The van der Waals surface area contributed by atoms with E-state index >= 15 is 0 Å². The topological polar surface area (TPSA) is 89.5 Å². The van der Waals surface area contributed by atoms with Gasteiger partial charge in [0.25, 0.3) is 5.91 Å². The van der Waals surface area contributed by atoms with Gasteiger partial charge in [-0.05, 0) is 42.5 Å². The van der Waals surface area contributed by atoms with Crippen molar-refractivity contribution in [3.63, 3.8) is 0 Å². The van der Waals surface area contributed by atoms with Gasteiger partial charge >= 0.3 is 6.03 Å². The summed E-state index contributed by atoms with van der Waals surface area (Å²) in [6.45, 7) is 0. The Morgan fingerprint density at radius 1 is 0.968 bits per heavy atom. The lowest BCUT2D eigenvalue weighted by Gasteiger charge is -2.13. The Morgan fingerprint density at radius 2 is 1.61 bits per heavy atom. The molecule has 2 N–H and O–H groups in total. The van der Waals surface area contributed by atoms with Crippen LogP contribution in [0.5, 0.6) is 11.5 Å². The molecule has 1 heterocycles. The van der Waals surface area contributed by atoms with E-state index in [-0.39, 0.29) is 17.1 Å². The van der Waals surface area contributed by atoms with Crippen LogP contribution < -0.4 is 20.1 Å². The number of hydrogen-bond donors (Lipinski definition) is 2. The summed E-state index contributed by atoms with van der Waals surface area (Å²) in [4.78, 5) is 29.9. The van der Waals surface area contributed by atoms with Gasteiger partial charge in [-0.3, -0.25) is 10.1 Å². The van der Waals surface area contributed by atoms with Gasteiger partial charge in [0.05, 0.1) is 26.1 Å². The van der Waals surface area contributed by atoms with Gasteiger partial charge in [-0.2, -0.15) is 0 Å². The highest BCUT2D eigenvalue weighted by Gasteiger charge is 2.20. The van der Waals surface area contributed by atoms with Crippen LogP contribution >= 0.6 is 35.0 Å². The number of urea groups is 1. The Balaban J connectivity index is 1.64. The molecule has 160 valence electrons. The fourth-order valence-corrected chi connectivity index (χ4v) is 4.14. The minimum absolute atomic E-state index is 0.118. The maximum Gasteiger partial charge on any atom is 0.326 e. The maximum atomic E-state index is 12.5. The van der Waals surface area contributed by atoms with Crippen molar-refractivity contribution in [2.24, 2.45) is 0 Å². The number of hydrogen-bond acceptors (Lipinski definition) is 6. The molecule has 7 nitrogen and oxygen atoms in total. The first-order valence-electron chi connectivity index (χ1n) is 8.83. The second-order valence-corrected chi connectivity index (χ2v) is 8.00. The Kier molecular flexibility index (Phi) is 7.62. The van der Waals surface area contributed by atoms with Crippen molar-refractivity contribution in [2.45, 2.75) is 9.92 Å². The van der Waals surface area contributed by atoms with Gasteiger partial charge in [0.1, 0.15) is 22.1 Å². The summed E-state index contributed by atoms with van der Waals surface area (Å²) in [5.74, 6) is -0.0904. The van der Waals surface area contributed by atoms with E-state index in [0.717, 1.165) is 4.90 Å². The largest absolute Gasteiger partial charge is 0.496 e. The second kappa shape index (κ2) is 10.4. The van der Waals surface area contributed by atoms with Crippen molar-refractivity contribution in [3.05, 3.63) is 70.3 Å². The van der Waals surface area contributed by atoms with Gasteiger partial charge in [0.15, 0.2) is 0 Å². The number of ether oxygens (including phenoxy) is 2. The number of imide groups is 1. The highest BCUT2D eigenvalue weighted by atomic mass is 35.5. The van der Waals surface area contributed by atoms with E-state index in [1.165, 1.54) is 32.2 Å². The lowest BCUT2D eigenvalue weighted by molar-refractivity contribution is 0.0961. The summed E-state index contributed by atoms with van der Waals surface area (Å²) >= 11 is 13.4. The molecule has 3 rings (SSSR count). The molecule has 31 heavy (non-hydrogen) atoms. The number of nitrogens with zero attached hydrogens (tertiary/aromatic N) is 1. The molecular formula is C21H17Cl2N3O4S. The first-order valence-corrected chi connectivity index (χ1v) is 10.4. The van der Waals surface area contributed by atoms with Crippen LogP contribution in [-0.4, -0.2) is 31.1 Å². The van der Waals surface area contributed by atoms with Crippen LogP contribution in [0.25, 0.3) is 0 Å². The van der Waals surface area contributed by atoms with Crippen molar-refractivity contribution in [1.29, 1.82) is 0 Å². The molecule has 2 aromatic carbocycles. The van der Waals surface area contributed by atoms with E-state index in [1.54, 1.807) is 48.5 Å². The number of carbonyl (C=O) groups is 2. The number of halogens is 2. The fourth-order valence-electron chi connectivity index (χ4n) is 2.63. The summed E-state index contributed by atoms with van der Waals surface area (Å²) < 4.78 is 10.4. The Labute approximate surface area is 193 Å². The summed E-state index contributed by atoms with van der Waals surface area (Å²) in [6, 6.07) is 12.7. The van der Waals surface area contributed by atoms with Crippen LogP contribution in [0.3, 0.4) is 0 Å². The van der Waals surface area contributed by atoms with Gasteiger partial charge < -0.3 is 14.8 Å². The molecule has 10 heteroatoms. The van der Waals surface area contributed by atoms with Crippen molar-refractivity contribution in [1.82, 2.24) is 10.3 Å². The number of aromatic nitrogens is 1. The average molecular weight is 478 g/mol. The highest BCUT2D eigenvalue weighted by molar-refractivity contribution is 7.99. The summed E-state index contributed by atoms with van der Waals surface area (Å²) in [7, 11) is 2.85. The van der Waals surface area contributed by atoms with E-state index in [0.29, 0.717) is 20.8 Å². The summed E-state index contributed by atoms with van der Waals surface area (Å²) in [5.41, 5.74) is 0.526. The lowest BCUT2D eigenvalue weighted by atomic mass is 10.1. The molecule has 0 saturated carbocycles. The molecule has 3 amide bonds. The molecule has 0 saturated heterocycles. The third-order valence-corrected chi connectivity index (χ3v) is 5.29. The Hall–Kier alpha value is -2.94. The zero-order valence-corrected chi connectivity index (χ0v) is 18.8. The van der Waals surface area contributed by atoms with E-state index in [9.17, 15) is 9.59 Å². The molecular weight excluding hydrogens is 461 g/mol. The van der Waals surface area contributed by atoms with Crippen LogP contribution in [0.4, 0.5) is 10.5 Å². The van der Waals surface area contributed by atoms with Gasteiger partial charge in [-0.1, -0.05) is 41.0 Å². The van der Waals surface area contributed by atoms with Crippen molar-refractivity contribution < 1.29 is 19.1 Å². The molecule has 0 fully saturated rings. The molecule has 0 aliphatic heterocycles. The van der Waals surface area contributed by atoms with E-state index in [1.807, 2.05) is 0 Å². The molecule has 0 spiro atoms. The van der Waals surface area contributed by atoms with Crippen molar-refractivity contribution in [2.75, 3.05) is 19.5 Å². The average Bonchev–Trinajstić information content (AvgIpc) is 2.73. The first kappa shape index (κ1) is 22.7. The fraction of sp³-hybridized carbons (Fsp3) is 0.0952. The molecule has 0 bridgehead atoms. The van der Waals surface area contributed by atoms with Crippen LogP contribution in [-0.2, 0) is 0 Å². The number of benzene rings is 2. The van der Waals surface area contributed by atoms with Crippen LogP contribution in [0.1, 0.15) is 10.4 Å². The molecule has 0 radical (unpaired) electrons. The quantitative estimate of drug-likeness (QED) is 0.485. The maximum absolute atomic E-state index is 12.5. The van der Waals surface area contributed by atoms with E-state index < -0.39 is 11.9 Å². The second-order valence-electron chi connectivity index (χ2n) is 6.04. The molecule has 1 aromatic heterocycles. The minimum Gasteiger partial charge on any atom is -0.496 e. The monoisotopic (exact) mass is 477 g/mol. The van der Waals surface area contributed by atoms with Crippen LogP contribution in [0.2, 0.25) is 10.0 Å². The predicted molar refractivity (Wildman–Crippen MR) is 121 cm³/mol. The zero-order chi connectivity index (χ0) is 22.4. The molecule has 0 aliphatic carbocycles. The molecule has 0 unspecified atom stereocenters. The smallest absolute Gasteiger partial charge is 0.326 e. The minimum atomic E-state index is -0.721. The van der Waals surface area contributed by atoms with Gasteiger partial charge in [0.2, 0.25) is 0 Å². The number of carbonyl (C=O) groups excluding carboxylic acids is 2. The number of nitrogens with one attached hydrogen (secondary N) is 2. The van der Waals surface area contributed by atoms with Crippen LogP contribution in [0, 0.1) is 0 Å². The molecule has 0 aliphatic rings. The molecule has 3 aromatic rings. The first-order chi connectivity index (χ1) is 14.9. The predicted octanol–water partition coefficient (Wildman–Crippen LogP) is 5.52. The van der Waals surface area contributed by atoms with Crippen molar-refractivity contribution in [3.8, 4) is 11.5 Å². The normalized spacial score (nSPS) is 10.3. The van der Waals surface area contributed by atoms with Gasteiger partial charge in [-0.25, -0.2) is 9.78 Å². The van der Waals surface area contributed by atoms with E-state index in [4.69, 9.17) is 32.7 Å². The number of amides is 3. The molecule has 0 atom stereocenters. The third kappa shape index (κ3) is 6.04. The SMILES string of the molecule is COc1cccc(OC)c1C(=O)NC(=O)Nc1ccc(Sc2cc(Cl)cc(Cl)c2)nc1. The summed E-state index contributed by atoms with van der Waals surface area (Å²) in [6.07, 6.45) is 1.47. The lowest BCUT2D eigenvalue weighted by Crippen LogP contribution is -2.34. The number of methoxy groups -OCH3 is 2. The highest BCUT2D eigenvalue weighted by Crippen LogP contribution is 2.31. The van der Waals surface area contributed by atoms with Crippen molar-refractivity contribution >= 4 is 52.6 Å². The number of pyridine rings is 1. The standard InChI is InChI=1S/C21H17Cl2N3O4S/c1-29-16-4-3-5-17(30-2)19(16)20(27)26-21(28)25-14-6-7-18(24-11-14)31-15-9-12(22)8-13(23)10-15/h3-11H,1-2H3,(H2,25,26,27,28). The Bertz CT molecular complexity index is 1070. The number of rotatable bonds is 6.